The third-order valence-electron chi connectivity index (χ3n) is 10.2. The van der Waals surface area contributed by atoms with Gasteiger partial charge in [0.1, 0.15) is 11.2 Å². The van der Waals surface area contributed by atoms with Crippen molar-refractivity contribution in [1.29, 1.82) is 0 Å². The number of hydrogen-bond donors (Lipinski definition) is 0. The lowest BCUT2D eigenvalue weighted by Crippen LogP contribution is -2.00. The normalized spacial score (nSPS) is 11.6. The zero-order valence-corrected chi connectivity index (χ0v) is 30.6. The van der Waals surface area contributed by atoms with Gasteiger partial charge in [0, 0.05) is 43.1 Å². The highest BCUT2D eigenvalue weighted by atomic mass is 32.1. The first-order valence-corrected chi connectivity index (χ1v) is 19.2. The fraction of sp³-hybridized carbons (Fsp3) is 0. The molecule has 0 bridgehead atoms. The van der Waals surface area contributed by atoms with Crippen LogP contribution in [0.5, 0.6) is 0 Å². The van der Waals surface area contributed by atoms with Gasteiger partial charge in [-0.3, -0.25) is 0 Å². The summed E-state index contributed by atoms with van der Waals surface area (Å²) in [5.41, 5.74) is 10.0. The Balaban J connectivity index is 1.13. The second-order valence-electron chi connectivity index (χ2n) is 13.6. The lowest BCUT2D eigenvalue weighted by atomic mass is 10.0. The molecule has 11 aromatic rings. The van der Waals surface area contributed by atoms with Crippen LogP contribution in [-0.4, -0.2) is 24.9 Å². The van der Waals surface area contributed by atoms with Gasteiger partial charge in [0.2, 0.25) is 0 Å². The summed E-state index contributed by atoms with van der Waals surface area (Å²) < 4.78 is 9.02. The van der Waals surface area contributed by atoms with Crippen LogP contribution in [0.4, 0.5) is 0 Å². The van der Waals surface area contributed by atoms with E-state index in [1.807, 2.05) is 84.9 Å². The zero-order chi connectivity index (χ0) is 37.0. The number of hydrogen-bond acceptors (Lipinski definition) is 7. The highest BCUT2D eigenvalue weighted by Crippen LogP contribution is 2.44. The van der Waals surface area contributed by atoms with Gasteiger partial charge in [-0.2, -0.15) is 0 Å². The predicted molar refractivity (Wildman–Crippen MR) is 228 cm³/mol. The largest absolute Gasteiger partial charge is 0.455 e. The molecule has 0 fully saturated rings. The summed E-state index contributed by atoms with van der Waals surface area (Å²) in [5, 5.41) is 3.06. The lowest BCUT2D eigenvalue weighted by molar-refractivity contribution is 0.669. The third-order valence-corrected chi connectivity index (χ3v) is 11.3. The van der Waals surface area contributed by atoms with Gasteiger partial charge in [-0.15, -0.1) is 11.3 Å². The number of benzene rings is 7. The summed E-state index contributed by atoms with van der Waals surface area (Å²) in [7, 11) is 0. The Morgan fingerprint density at radius 3 is 1.71 bits per heavy atom. The van der Waals surface area contributed by atoms with Crippen molar-refractivity contribution in [1.82, 2.24) is 24.9 Å². The Kier molecular flexibility index (Phi) is 7.57. The van der Waals surface area contributed by atoms with Gasteiger partial charge in [-0.1, -0.05) is 152 Å². The second-order valence-corrected chi connectivity index (χ2v) is 14.7. The van der Waals surface area contributed by atoms with Crippen molar-refractivity contribution < 1.29 is 4.42 Å². The molecule has 4 heterocycles. The number of nitrogens with zero attached hydrogens (tertiary/aromatic N) is 5. The lowest BCUT2D eigenvalue weighted by Gasteiger charge is -2.10. The van der Waals surface area contributed by atoms with Crippen LogP contribution in [-0.2, 0) is 0 Å². The van der Waals surface area contributed by atoms with Crippen LogP contribution in [0.2, 0.25) is 0 Å². The van der Waals surface area contributed by atoms with E-state index in [9.17, 15) is 0 Å². The summed E-state index contributed by atoms with van der Waals surface area (Å²) in [6.07, 6.45) is 0. The van der Waals surface area contributed by atoms with Crippen LogP contribution in [0.3, 0.4) is 0 Å². The summed E-state index contributed by atoms with van der Waals surface area (Å²) in [5.74, 6) is 2.39. The summed E-state index contributed by atoms with van der Waals surface area (Å²) >= 11 is 1.72. The van der Waals surface area contributed by atoms with Crippen molar-refractivity contribution in [3.8, 4) is 67.9 Å². The van der Waals surface area contributed by atoms with Gasteiger partial charge in [-0.25, -0.2) is 24.9 Å². The topological polar surface area (TPSA) is 77.6 Å². The van der Waals surface area contributed by atoms with Crippen LogP contribution in [0.1, 0.15) is 0 Å². The van der Waals surface area contributed by atoms with Crippen LogP contribution < -0.4 is 0 Å². The molecule has 0 aliphatic carbocycles. The maximum atomic E-state index is 6.81. The molecule has 0 N–H and O–H groups in total. The molecule has 0 amide bonds. The van der Waals surface area contributed by atoms with Gasteiger partial charge in [0.25, 0.3) is 0 Å². The molecule has 0 atom stereocenters. The molecule has 56 heavy (non-hydrogen) atoms. The van der Waals surface area contributed by atoms with E-state index in [-0.39, 0.29) is 0 Å². The molecule has 0 aliphatic rings. The maximum absolute atomic E-state index is 6.81. The first-order chi connectivity index (χ1) is 27.7. The van der Waals surface area contributed by atoms with Crippen molar-refractivity contribution in [2.24, 2.45) is 0 Å². The first kappa shape index (κ1) is 32.1. The van der Waals surface area contributed by atoms with E-state index in [0.29, 0.717) is 28.9 Å². The van der Waals surface area contributed by atoms with Crippen LogP contribution in [0, 0.1) is 0 Å². The molecule has 4 aromatic heterocycles. The molecule has 6 nitrogen and oxygen atoms in total. The van der Waals surface area contributed by atoms with Crippen molar-refractivity contribution in [3.63, 3.8) is 0 Å². The van der Waals surface area contributed by atoms with Crippen molar-refractivity contribution >= 4 is 53.6 Å². The number of thiophene rings is 1. The fourth-order valence-corrected chi connectivity index (χ4v) is 8.67. The quantitative estimate of drug-likeness (QED) is 0.169. The van der Waals surface area contributed by atoms with Crippen LogP contribution in [0.25, 0.3) is 110 Å². The molecule has 7 heteroatoms. The highest BCUT2D eigenvalue weighted by molar-refractivity contribution is 7.26. The average molecular weight is 736 g/mol. The number of para-hydroxylation sites is 1. The van der Waals surface area contributed by atoms with Crippen LogP contribution in [0.15, 0.2) is 180 Å². The molecule has 0 saturated heterocycles. The van der Waals surface area contributed by atoms with Gasteiger partial charge >= 0.3 is 0 Å². The molecule has 0 unspecified atom stereocenters. The van der Waals surface area contributed by atoms with Crippen molar-refractivity contribution in [2.45, 2.75) is 0 Å². The summed E-state index contributed by atoms with van der Waals surface area (Å²) in [6.45, 7) is 0. The van der Waals surface area contributed by atoms with E-state index in [0.717, 1.165) is 76.6 Å². The smallest absolute Gasteiger partial charge is 0.167 e. The van der Waals surface area contributed by atoms with Gasteiger partial charge < -0.3 is 4.42 Å². The number of rotatable bonds is 6. The van der Waals surface area contributed by atoms with E-state index >= 15 is 0 Å². The Morgan fingerprint density at radius 1 is 0.393 bits per heavy atom. The van der Waals surface area contributed by atoms with Gasteiger partial charge in [-0.05, 0) is 35.4 Å². The predicted octanol–water partition coefficient (Wildman–Crippen LogP) is 12.9. The molecular formula is C49H29N5OS. The van der Waals surface area contributed by atoms with Crippen LogP contribution >= 0.6 is 11.3 Å². The average Bonchev–Trinajstić information content (AvgIpc) is 3.86. The SMILES string of the molecule is c1ccc(-c2cccc(-c3nc(-c4ccccc4)nc(-c4cccc5c4oc4cccc(-c6nc(-c7ccccc7)nc7c6sc6ccccc67)c45)n3)c2)cc1. The Labute approximate surface area is 325 Å². The molecular weight excluding hydrogens is 707 g/mol. The van der Waals surface area contributed by atoms with E-state index in [4.69, 9.17) is 29.3 Å². The second kappa shape index (κ2) is 13.2. The zero-order valence-electron chi connectivity index (χ0n) is 29.8. The Hall–Kier alpha value is -7.35. The fourth-order valence-electron chi connectivity index (χ4n) is 7.52. The third kappa shape index (κ3) is 5.44. The first-order valence-electron chi connectivity index (χ1n) is 18.4. The van der Waals surface area contributed by atoms with E-state index in [2.05, 4.69) is 91.0 Å². The molecule has 7 aromatic carbocycles. The molecule has 0 aliphatic heterocycles. The standard InChI is InChI=1S/C49H29N5OS/c1-4-15-30(16-5-1)33-21-12-22-34(29-33)48-52-47(32-19-8-3-9-20-32)53-49(54-48)38-26-13-25-37-41-36(24-14-27-39(41)55-44(37)38)43-45-42(35-23-10-11-28-40(35)56-45)50-46(51-43)31-17-6-2-7-18-31/h1-29H. The molecule has 0 radical (unpaired) electrons. The summed E-state index contributed by atoms with van der Waals surface area (Å²) in [4.78, 5) is 25.7. The maximum Gasteiger partial charge on any atom is 0.167 e. The highest BCUT2D eigenvalue weighted by Gasteiger charge is 2.23. The Morgan fingerprint density at radius 2 is 0.946 bits per heavy atom. The number of aromatic nitrogens is 5. The summed E-state index contributed by atoms with van der Waals surface area (Å²) in [6, 6.07) is 59.7. The minimum Gasteiger partial charge on any atom is -0.455 e. The van der Waals surface area contributed by atoms with Crippen molar-refractivity contribution in [3.05, 3.63) is 176 Å². The van der Waals surface area contributed by atoms with Gasteiger partial charge in [0.05, 0.1) is 21.5 Å². The van der Waals surface area contributed by atoms with Crippen molar-refractivity contribution in [2.75, 3.05) is 0 Å². The van der Waals surface area contributed by atoms with Gasteiger partial charge in [0.15, 0.2) is 23.3 Å². The van der Waals surface area contributed by atoms with E-state index in [1.54, 1.807) is 11.3 Å². The Bertz CT molecular complexity index is 3250. The molecule has 262 valence electrons. The minimum absolute atomic E-state index is 0.533. The molecule has 11 rings (SSSR count). The number of fused-ring (bicyclic) bond motifs is 6. The molecule has 0 saturated carbocycles. The van der Waals surface area contributed by atoms with E-state index in [1.165, 1.54) is 4.70 Å². The van der Waals surface area contributed by atoms with E-state index < -0.39 is 0 Å². The monoisotopic (exact) mass is 735 g/mol. The minimum atomic E-state index is 0.533. The number of furan rings is 1. The molecule has 0 spiro atoms.